The number of para-hydroxylation sites is 1. The third-order valence-corrected chi connectivity index (χ3v) is 5.09. The Labute approximate surface area is 197 Å². The van der Waals surface area contributed by atoms with Crippen LogP contribution in [-0.2, 0) is 13.0 Å². The van der Waals surface area contributed by atoms with Gasteiger partial charge in [0.25, 0.3) is 0 Å². The Bertz CT molecular complexity index is 1370. The molecule has 0 aliphatic rings. The number of halogens is 1. The molecule has 0 fully saturated rings. The van der Waals surface area contributed by atoms with Gasteiger partial charge in [0.2, 0.25) is 0 Å². The van der Waals surface area contributed by atoms with Crippen LogP contribution in [0.25, 0.3) is 23.1 Å². The van der Waals surface area contributed by atoms with Crippen LogP contribution in [0.3, 0.4) is 0 Å². The largest absolute Gasteiger partial charge is 0.487 e. The molecule has 0 saturated carbocycles. The third-order valence-electron chi connectivity index (χ3n) is 5.09. The summed E-state index contributed by atoms with van der Waals surface area (Å²) in [6.07, 6.45) is 4.62. The number of aromatic nitrogens is 5. The number of tetrazole rings is 1. The van der Waals surface area contributed by atoms with E-state index in [1.165, 1.54) is 11.1 Å². The Kier molecular flexibility index (Phi) is 7.07. The van der Waals surface area contributed by atoms with Gasteiger partial charge < -0.3 is 4.74 Å². The number of nitrogens with one attached hydrogen (secondary N) is 1. The van der Waals surface area contributed by atoms with Crippen molar-refractivity contribution in [1.82, 2.24) is 25.6 Å². The number of hydrogen-bond acceptors (Lipinski definition) is 5. The van der Waals surface area contributed by atoms with Gasteiger partial charge in [0.1, 0.15) is 12.4 Å². The summed E-state index contributed by atoms with van der Waals surface area (Å²) in [6.45, 7) is 0.435. The summed E-state index contributed by atoms with van der Waals surface area (Å²) in [6, 6.07) is 28.8. The quantitative estimate of drug-likeness (QED) is 0.350. The molecule has 0 atom stereocenters. The summed E-state index contributed by atoms with van der Waals surface area (Å²) in [5, 5.41) is 15.0. The SMILES string of the molecule is C(=C/c1nn[nH]n1)/c1cccc(Cc2cccc(OCc3ccc4ccccc4n3)c2)c1.Cl. The summed E-state index contributed by atoms with van der Waals surface area (Å²) in [4.78, 5) is 4.68. The van der Waals surface area contributed by atoms with Gasteiger partial charge in [-0.1, -0.05) is 66.7 Å². The lowest BCUT2D eigenvalue weighted by Gasteiger charge is -2.09. The Balaban J connectivity index is 0.00000259. The molecule has 0 aliphatic carbocycles. The molecule has 6 nitrogen and oxygen atoms in total. The molecule has 0 aliphatic heterocycles. The first kappa shape index (κ1) is 22.2. The molecule has 33 heavy (non-hydrogen) atoms. The van der Waals surface area contributed by atoms with Gasteiger partial charge in [0, 0.05) is 5.39 Å². The lowest BCUT2D eigenvalue weighted by Crippen LogP contribution is -1.99. The standard InChI is InChI=1S/C26H21N5O.ClH/c1-2-10-25-22(8-1)12-13-23(27-25)18-32-24-9-4-7-21(17-24)16-20-6-3-5-19(15-20)11-14-26-28-30-31-29-26;/h1-15,17H,16,18H2,(H,28,29,30,31);1H/b14-11-;. The first-order chi connectivity index (χ1) is 15.8. The van der Waals surface area contributed by atoms with Crippen molar-refractivity contribution in [3.8, 4) is 5.75 Å². The third kappa shape index (κ3) is 5.81. The number of ether oxygens (including phenoxy) is 1. The van der Waals surface area contributed by atoms with Gasteiger partial charge in [0.05, 0.1) is 11.2 Å². The fraction of sp³-hybridized carbons (Fsp3) is 0.0769. The highest BCUT2D eigenvalue weighted by atomic mass is 35.5. The minimum Gasteiger partial charge on any atom is -0.487 e. The molecule has 5 aromatic rings. The second-order valence-corrected chi connectivity index (χ2v) is 7.46. The minimum absolute atomic E-state index is 0. The van der Waals surface area contributed by atoms with Crippen LogP contribution < -0.4 is 4.74 Å². The van der Waals surface area contributed by atoms with E-state index >= 15 is 0 Å². The maximum Gasteiger partial charge on any atom is 0.197 e. The van der Waals surface area contributed by atoms with E-state index in [1.54, 1.807) is 0 Å². The fourth-order valence-electron chi connectivity index (χ4n) is 3.54. The zero-order valence-electron chi connectivity index (χ0n) is 17.8. The molecule has 0 bridgehead atoms. The number of nitrogens with zero attached hydrogens (tertiary/aromatic N) is 4. The van der Waals surface area contributed by atoms with Crippen LogP contribution in [0.15, 0.2) is 84.9 Å². The van der Waals surface area contributed by atoms with Crippen LogP contribution in [0, 0.1) is 0 Å². The topological polar surface area (TPSA) is 76.6 Å². The van der Waals surface area contributed by atoms with Crippen molar-refractivity contribution < 1.29 is 4.74 Å². The lowest BCUT2D eigenvalue weighted by molar-refractivity contribution is 0.301. The van der Waals surface area contributed by atoms with Gasteiger partial charge in [-0.05, 0) is 58.7 Å². The second kappa shape index (κ2) is 10.5. The average molecular weight is 456 g/mol. The van der Waals surface area contributed by atoms with Gasteiger partial charge in [0.15, 0.2) is 5.82 Å². The molecule has 0 unspecified atom stereocenters. The van der Waals surface area contributed by atoms with E-state index in [-0.39, 0.29) is 12.4 Å². The molecule has 0 amide bonds. The van der Waals surface area contributed by atoms with Gasteiger partial charge in [-0.25, -0.2) is 4.98 Å². The average Bonchev–Trinajstić information content (AvgIpc) is 3.36. The van der Waals surface area contributed by atoms with E-state index in [1.807, 2.05) is 48.6 Å². The highest BCUT2D eigenvalue weighted by molar-refractivity contribution is 5.85. The Morgan fingerprint density at radius 1 is 0.818 bits per heavy atom. The zero-order valence-corrected chi connectivity index (χ0v) is 18.6. The van der Waals surface area contributed by atoms with Gasteiger partial charge in [-0.2, -0.15) is 5.21 Å². The van der Waals surface area contributed by atoms with E-state index in [0.29, 0.717) is 12.4 Å². The van der Waals surface area contributed by atoms with Crippen LogP contribution >= 0.6 is 12.4 Å². The van der Waals surface area contributed by atoms with Crippen LogP contribution in [0.5, 0.6) is 5.75 Å². The number of fused-ring (bicyclic) bond motifs is 1. The van der Waals surface area contributed by atoms with E-state index in [9.17, 15) is 0 Å². The van der Waals surface area contributed by atoms with Crippen molar-refractivity contribution in [3.63, 3.8) is 0 Å². The fourth-order valence-corrected chi connectivity index (χ4v) is 3.54. The normalized spacial score (nSPS) is 10.9. The smallest absolute Gasteiger partial charge is 0.197 e. The van der Waals surface area contributed by atoms with Crippen molar-refractivity contribution in [3.05, 3.63) is 113 Å². The van der Waals surface area contributed by atoms with Crippen molar-refractivity contribution in [2.75, 3.05) is 0 Å². The van der Waals surface area contributed by atoms with E-state index in [2.05, 4.69) is 74.1 Å². The molecule has 3 aromatic carbocycles. The first-order valence-electron chi connectivity index (χ1n) is 10.4. The number of aromatic amines is 1. The monoisotopic (exact) mass is 455 g/mol. The van der Waals surface area contributed by atoms with Crippen molar-refractivity contribution in [2.24, 2.45) is 0 Å². The number of H-pyrrole nitrogens is 1. The van der Waals surface area contributed by atoms with Crippen molar-refractivity contribution in [2.45, 2.75) is 13.0 Å². The molecule has 2 heterocycles. The number of benzene rings is 3. The van der Waals surface area contributed by atoms with Crippen molar-refractivity contribution >= 4 is 35.5 Å². The lowest BCUT2D eigenvalue weighted by atomic mass is 10.0. The Morgan fingerprint density at radius 2 is 1.67 bits per heavy atom. The molecular weight excluding hydrogens is 434 g/mol. The molecule has 0 spiro atoms. The number of rotatable bonds is 7. The summed E-state index contributed by atoms with van der Waals surface area (Å²) in [5.41, 5.74) is 5.38. The number of hydrogen-bond donors (Lipinski definition) is 1. The van der Waals surface area contributed by atoms with Gasteiger partial charge in [-0.15, -0.1) is 22.6 Å². The molecule has 2 aromatic heterocycles. The zero-order chi connectivity index (χ0) is 21.6. The molecule has 7 heteroatoms. The summed E-state index contributed by atoms with van der Waals surface area (Å²) < 4.78 is 6.03. The predicted molar refractivity (Wildman–Crippen MR) is 132 cm³/mol. The van der Waals surface area contributed by atoms with E-state index in [4.69, 9.17) is 4.74 Å². The van der Waals surface area contributed by atoms with Crippen molar-refractivity contribution in [1.29, 1.82) is 0 Å². The summed E-state index contributed by atoms with van der Waals surface area (Å²) in [7, 11) is 0. The first-order valence-corrected chi connectivity index (χ1v) is 10.4. The second-order valence-electron chi connectivity index (χ2n) is 7.46. The summed E-state index contributed by atoms with van der Waals surface area (Å²) in [5.74, 6) is 1.40. The maximum absolute atomic E-state index is 6.03. The van der Waals surface area contributed by atoms with E-state index < -0.39 is 0 Å². The molecule has 5 rings (SSSR count). The predicted octanol–water partition coefficient (Wildman–Crippen LogP) is 5.51. The highest BCUT2D eigenvalue weighted by Gasteiger charge is 2.03. The van der Waals surface area contributed by atoms with Crippen LogP contribution in [0.2, 0.25) is 0 Å². The Morgan fingerprint density at radius 3 is 2.55 bits per heavy atom. The molecule has 1 N–H and O–H groups in total. The van der Waals surface area contributed by atoms with Gasteiger partial charge in [-0.3, -0.25) is 0 Å². The Hall–Kier alpha value is -4.03. The molecule has 0 radical (unpaired) electrons. The molecular formula is C26H22ClN5O. The minimum atomic E-state index is 0. The molecule has 0 saturated heterocycles. The van der Waals surface area contributed by atoms with Crippen LogP contribution in [0.1, 0.15) is 28.2 Å². The van der Waals surface area contributed by atoms with Crippen LogP contribution in [0.4, 0.5) is 0 Å². The highest BCUT2D eigenvalue weighted by Crippen LogP contribution is 2.19. The molecule has 164 valence electrons. The van der Waals surface area contributed by atoms with E-state index in [0.717, 1.165) is 34.3 Å². The summed E-state index contributed by atoms with van der Waals surface area (Å²) >= 11 is 0. The van der Waals surface area contributed by atoms with Crippen LogP contribution in [-0.4, -0.2) is 25.6 Å². The number of pyridine rings is 1. The van der Waals surface area contributed by atoms with Gasteiger partial charge >= 0.3 is 0 Å². The maximum atomic E-state index is 6.03.